The number of H-pyrrole nitrogens is 1. The van der Waals surface area contributed by atoms with E-state index in [4.69, 9.17) is 4.74 Å². The Bertz CT molecular complexity index is 802. The first-order chi connectivity index (χ1) is 12.8. The molecule has 0 spiro atoms. The Kier molecular flexibility index (Phi) is 8.90. The number of fused-ring (bicyclic) bond motifs is 1. The number of nitrogens with zero attached hydrogens (tertiary/aromatic N) is 2. The molecule has 0 radical (unpaired) electrons. The Morgan fingerprint density at radius 3 is 2.56 bits per heavy atom. The van der Waals surface area contributed by atoms with Gasteiger partial charge in [-0.2, -0.15) is 0 Å². The first-order valence-corrected chi connectivity index (χ1v) is 8.91. The van der Waals surface area contributed by atoms with Gasteiger partial charge < -0.3 is 20.4 Å². The lowest BCUT2D eigenvalue weighted by molar-refractivity contribution is 0.311. The van der Waals surface area contributed by atoms with Crippen molar-refractivity contribution in [3.63, 3.8) is 0 Å². The second-order valence-electron chi connectivity index (χ2n) is 5.89. The molecule has 27 heavy (non-hydrogen) atoms. The number of rotatable bonds is 8. The first kappa shape index (κ1) is 21.0. The Morgan fingerprint density at radius 1 is 1.04 bits per heavy atom. The van der Waals surface area contributed by atoms with Crippen LogP contribution >= 0.6 is 24.0 Å². The van der Waals surface area contributed by atoms with Crippen LogP contribution in [0, 0.1) is 0 Å². The molecule has 1 aromatic heterocycles. The number of benzene rings is 2. The van der Waals surface area contributed by atoms with Crippen molar-refractivity contribution in [2.75, 3.05) is 26.7 Å². The molecule has 3 N–H and O–H groups in total. The van der Waals surface area contributed by atoms with Crippen LogP contribution in [0.1, 0.15) is 12.2 Å². The van der Waals surface area contributed by atoms with E-state index in [0.29, 0.717) is 6.61 Å². The molecule has 0 saturated heterocycles. The van der Waals surface area contributed by atoms with Gasteiger partial charge in [0.15, 0.2) is 5.96 Å². The average molecular weight is 479 g/mol. The van der Waals surface area contributed by atoms with Crippen LogP contribution < -0.4 is 15.4 Å². The fraction of sp³-hybridized carbons (Fsp3) is 0.300. The van der Waals surface area contributed by atoms with Crippen LogP contribution in [-0.2, 0) is 6.42 Å². The largest absolute Gasteiger partial charge is 0.494 e. The van der Waals surface area contributed by atoms with E-state index in [9.17, 15) is 0 Å². The standard InChI is InChI=1S/C20H25N5O.HI/c1-21-20(22-13-7-15-26-16-8-3-2-4-9-16)23-14-12-19-24-17-10-5-6-11-18(17)25-19;/h2-6,8-11H,7,12-15H2,1H3,(H,24,25)(H2,21,22,23);1H. The van der Waals surface area contributed by atoms with Gasteiger partial charge in [-0.15, -0.1) is 24.0 Å². The zero-order valence-electron chi connectivity index (χ0n) is 15.4. The molecule has 144 valence electrons. The topological polar surface area (TPSA) is 74.3 Å². The molecule has 0 amide bonds. The van der Waals surface area contributed by atoms with Crippen molar-refractivity contribution in [3.8, 4) is 5.75 Å². The maximum absolute atomic E-state index is 5.68. The smallest absolute Gasteiger partial charge is 0.190 e. The van der Waals surface area contributed by atoms with Gasteiger partial charge >= 0.3 is 0 Å². The molecule has 3 rings (SSSR count). The molecule has 0 bridgehead atoms. The molecule has 0 fully saturated rings. The minimum absolute atomic E-state index is 0. The zero-order valence-corrected chi connectivity index (χ0v) is 17.8. The first-order valence-electron chi connectivity index (χ1n) is 8.91. The summed E-state index contributed by atoms with van der Waals surface area (Å²) >= 11 is 0. The third-order valence-corrected chi connectivity index (χ3v) is 3.94. The predicted octanol–water partition coefficient (Wildman–Crippen LogP) is 3.36. The summed E-state index contributed by atoms with van der Waals surface area (Å²) in [4.78, 5) is 12.2. The van der Waals surface area contributed by atoms with Crippen molar-refractivity contribution >= 4 is 41.0 Å². The molecule has 7 heteroatoms. The number of imidazole rings is 1. The quantitative estimate of drug-likeness (QED) is 0.201. The molecule has 0 aliphatic rings. The molecule has 0 saturated carbocycles. The van der Waals surface area contributed by atoms with Gasteiger partial charge in [-0.1, -0.05) is 30.3 Å². The van der Waals surface area contributed by atoms with Gasteiger partial charge in [0.2, 0.25) is 0 Å². The summed E-state index contributed by atoms with van der Waals surface area (Å²) in [7, 11) is 1.77. The maximum atomic E-state index is 5.68. The van der Waals surface area contributed by atoms with Gasteiger partial charge in [0.1, 0.15) is 11.6 Å². The number of guanidine groups is 1. The molecule has 2 aromatic carbocycles. The Labute approximate surface area is 176 Å². The monoisotopic (exact) mass is 479 g/mol. The Hall–Kier alpha value is -2.29. The van der Waals surface area contributed by atoms with Crippen LogP contribution in [0.3, 0.4) is 0 Å². The van der Waals surface area contributed by atoms with E-state index in [-0.39, 0.29) is 24.0 Å². The number of halogens is 1. The fourth-order valence-electron chi connectivity index (χ4n) is 2.63. The second-order valence-corrected chi connectivity index (χ2v) is 5.89. The Morgan fingerprint density at radius 2 is 1.78 bits per heavy atom. The summed E-state index contributed by atoms with van der Waals surface area (Å²) in [6.45, 7) is 2.24. The zero-order chi connectivity index (χ0) is 18.0. The minimum Gasteiger partial charge on any atom is -0.494 e. The summed E-state index contributed by atoms with van der Waals surface area (Å²) in [6.07, 6.45) is 1.71. The van der Waals surface area contributed by atoms with E-state index in [1.807, 2.05) is 54.6 Å². The highest BCUT2D eigenvalue weighted by Gasteiger charge is 2.03. The predicted molar refractivity (Wildman–Crippen MR) is 121 cm³/mol. The number of aromatic nitrogens is 2. The van der Waals surface area contributed by atoms with Crippen LogP contribution in [0.15, 0.2) is 59.6 Å². The molecule has 0 aliphatic heterocycles. The number of nitrogens with one attached hydrogen (secondary N) is 3. The van der Waals surface area contributed by atoms with Gasteiger partial charge in [0.25, 0.3) is 0 Å². The SMILES string of the molecule is CN=C(NCCCOc1ccccc1)NCCc1nc2ccccc2[nH]1.I. The number of ether oxygens (including phenoxy) is 1. The van der Waals surface area contributed by atoms with Crippen LogP contribution in [0.4, 0.5) is 0 Å². The molecule has 6 nitrogen and oxygen atoms in total. The van der Waals surface area contributed by atoms with E-state index in [2.05, 4.69) is 25.6 Å². The van der Waals surface area contributed by atoms with Crippen LogP contribution in [0.25, 0.3) is 11.0 Å². The van der Waals surface area contributed by atoms with Crippen molar-refractivity contribution in [1.82, 2.24) is 20.6 Å². The van der Waals surface area contributed by atoms with Gasteiger partial charge in [-0.25, -0.2) is 4.98 Å². The number of aliphatic imine (C=N–C) groups is 1. The van der Waals surface area contributed by atoms with Gasteiger partial charge in [-0.3, -0.25) is 4.99 Å². The lowest BCUT2D eigenvalue weighted by Crippen LogP contribution is -2.39. The maximum Gasteiger partial charge on any atom is 0.190 e. The van der Waals surface area contributed by atoms with E-state index >= 15 is 0 Å². The van der Waals surface area contributed by atoms with Crippen molar-refractivity contribution in [1.29, 1.82) is 0 Å². The highest BCUT2D eigenvalue weighted by molar-refractivity contribution is 14.0. The molecule has 3 aromatic rings. The van der Waals surface area contributed by atoms with E-state index < -0.39 is 0 Å². The summed E-state index contributed by atoms with van der Waals surface area (Å²) in [5.74, 6) is 2.67. The molecule has 0 unspecified atom stereocenters. The highest BCUT2D eigenvalue weighted by Crippen LogP contribution is 2.10. The van der Waals surface area contributed by atoms with Gasteiger partial charge in [-0.05, 0) is 30.7 Å². The third-order valence-electron chi connectivity index (χ3n) is 3.94. The van der Waals surface area contributed by atoms with Crippen molar-refractivity contribution in [2.45, 2.75) is 12.8 Å². The number of hydrogen-bond acceptors (Lipinski definition) is 3. The van der Waals surface area contributed by atoms with E-state index in [1.165, 1.54) is 0 Å². The lowest BCUT2D eigenvalue weighted by atomic mass is 10.3. The van der Waals surface area contributed by atoms with Gasteiger partial charge in [0, 0.05) is 26.6 Å². The third kappa shape index (κ3) is 6.74. The van der Waals surface area contributed by atoms with Crippen molar-refractivity contribution < 1.29 is 4.74 Å². The summed E-state index contributed by atoms with van der Waals surface area (Å²) in [5.41, 5.74) is 2.08. The molecule has 0 aliphatic carbocycles. The van der Waals surface area contributed by atoms with Crippen LogP contribution in [0.5, 0.6) is 5.75 Å². The van der Waals surface area contributed by atoms with Crippen molar-refractivity contribution in [2.24, 2.45) is 4.99 Å². The minimum atomic E-state index is 0. The molecular weight excluding hydrogens is 453 g/mol. The summed E-state index contributed by atoms with van der Waals surface area (Å²) in [6, 6.07) is 17.9. The number of hydrogen-bond donors (Lipinski definition) is 3. The number of aromatic amines is 1. The second kappa shape index (κ2) is 11.4. The van der Waals surface area contributed by atoms with Crippen LogP contribution in [-0.4, -0.2) is 42.7 Å². The van der Waals surface area contributed by atoms with Gasteiger partial charge in [0.05, 0.1) is 17.6 Å². The van der Waals surface area contributed by atoms with Crippen molar-refractivity contribution in [3.05, 3.63) is 60.4 Å². The highest BCUT2D eigenvalue weighted by atomic mass is 127. The summed E-state index contributed by atoms with van der Waals surface area (Å²) in [5, 5.41) is 6.61. The average Bonchev–Trinajstić information content (AvgIpc) is 3.10. The molecular formula is C20H26IN5O. The lowest BCUT2D eigenvalue weighted by Gasteiger charge is -2.11. The fourth-order valence-corrected chi connectivity index (χ4v) is 2.63. The van der Waals surface area contributed by atoms with E-state index in [1.54, 1.807) is 7.05 Å². The molecule has 0 atom stereocenters. The Balaban J connectivity index is 0.00000261. The number of para-hydroxylation sites is 3. The molecule has 1 heterocycles. The van der Waals surface area contributed by atoms with E-state index in [0.717, 1.165) is 54.5 Å². The van der Waals surface area contributed by atoms with Crippen LogP contribution in [0.2, 0.25) is 0 Å². The summed E-state index contributed by atoms with van der Waals surface area (Å²) < 4.78 is 5.68. The normalized spacial score (nSPS) is 11.1.